The molecule has 0 spiro atoms. The van der Waals surface area contributed by atoms with Gasteiger partial charge < -0.3 is 4.74 Å². The summed E-state index contributed by atoms with van der Waals surface area (Å²) in [6.45, 7) is 3.48. The Hall–Kier alpha value is -4.84. The number of ether oxygens (including phenoxy) is 1. The summed E-state index contributed by atoms with van der Waals surface area (Å²) in [6, 6.07) is 29.6. The quantitative estimate of drug-likeness (QED) is 0.181. The van der Waals surface area contributed by atoms with Gasteiger partial charge in [-0.1, -0.05) is 78.4 Å². The second-order valence-corrected chi connectivity index (χ2v) is 11.1. The summed E-state index contributed by atoms with van der Waals surface area (Å²) >= 11 is 0. The highest BCUT2D eigenvalue weighted by Gasteiger charge is 2.61. The molecule has 4 aliphatic rings. The van der Waals surface area contributed by atoms with E-state index in [2.05, 4.69) is 24.3 Å². The summed E-state index contributed by atoms with van der Waals surface area (Å²) in [6.07, 6.45) is -0.964. The van der Waals surface area contributed by atoms with Crippen molar-refractivity contribution in [3.63, 3.8) is 0 Å². The number of aryl methyl sites for hydroxylation is 1. The molecule has 41 heavy (non-hydrogen) atoms. The number of Topliss-reactive ketones (excluding diaryl/α,β-unsaturated/α-hetero) is 1. The molecule has 3 atom stereocenters. The number of rotatable bonds is 5. The van der Waals surface area contributed by atoms with Gasteiger partial charge in [0.2, 0.25) is 17.6 Å². The van der Waals surface area contributed by atoms with Crippen molar-refractivity contribution in [3.8, 4) is 0 Å². The van der Waals surface area contributed by atoms with Crippen molar-refractivity contribution in [3.05, 3.63) is 136 Å². The Morgan fingerprint density at radius 2 is 1.10 bits per heavy atom. The van der Waals surface area contributed by atoms with Gasteiger partial charge in [-0.3, -0.25) is 14.4 Å². The van der Waals surface area contributed by atoms with Crippen LogP contribution in [0.2, 0.25) is 0 Å². The Kier molecular flexibility index (Phi) is 5.75. The van der Waals surface area contributed by atoms with Gasteiger partial charge in [-0.25, -0.2) is 9.69 Å². The second-order valence-electron chi connectivity index (χ2n) is 11.1. The average molecular weight is 542 g/mol. The molecule has 1 saturated heterocycles. The fraction of sp³-hybridized carbons (Fsp3) is 0.200. The van der Waals surface area contributed by atoms with Crippen LogP contribution in [-0.2, 0) is 14.3 Å². The summed E-state index contributed by atoms with van der Waals surface area (Å²) in [5.74, 6) is -2.69. The summed E-state index contributed by atoms with van der Waals surface area (Å²) in [5.41, 5.74) is 6.62. The molecule has 8 rings (SSSR count). The largest absolute Gasteiger partial charge is 0.451 e. The normalized spacial score (nSPS) is 22.5. The van der Waals surface area contributed by atoms with Gasteiger partial charge >= 0.3 is 5.97 Å². The van der Waals surface area contributed by atoms with Crippen molar-refractivity contribution < 1.29 is 23.9 Å². The number of carbonyl (C=O) groups is 4. The molecule has 6 heteroatoms. The van der Waals surface area contributed by atoms with Crippen LogP contribution in [0.5, 0.6) is 0 Å². The van der Waals surface area contributed by atoms with Crippen molar-refractivity contribution in [2.24, 2.45) is 11.8 Å². The molecule has 3 aliphatic carbocycles. The molecule has 0 aromatic heterocycles. The number of ketones is 1. The van der Waals surface area contributed by atoms with E-state index in [1.807, 2.05) is 43.3 Å². The van der Waals surface area contributed by atoms with Crippen LogP contribution in [0, 0.1) is 18.8 Å². The minimum atomic E-state index is -0.964. The maximum absolute atomic E-state index is 13.9. The number of benzene rings is 4. The topological polar surface area (TPSA) is 80.8 Å². The molecule has 0 saturated carbocycles. The predicted molar refractivity (Wildman–Crippen MR) is 153 cm³/mol. The van der Waals surface area contributed by atoms with E-state index in [-0.39, 0.29) is 35.0 Å². The number of anilines is 1. The first-order chi connectivity index (χ1) is 19.8. The molecule has 2 amide bonds. The molecule has 1 heterocycles. The van der Waals surface area contributed by atoms with E-state index >= 15 is 0 Å². The van der Waals surface area contributed by atoms with Gasteiger partial charge in [0.25, 0.3) is 0 Å². The fourth-order valence-electron chi connectivity index (χ4n) is 6.91. The summed E-state index contributed by atoms with van der Waals surface area (Å²) in [7, 11) is 0. The maximum Gasteiger partial charge on any atom is 0.338 e. The van der Waals surface area contributed by atoms with Crippen LogP contribution in [0.3, 0.4) is 0 Å². The molecule has 0 radical (unpaired) electrons. The molecule has 4 aromatic carbocycles. The number of carbonyl (C=O) groups excluding carboxylic acids is 4. The Balaban J connectivity index is 1.14. The Morgan fingerprint density at radius 1 is 0.659 bits per heavy atom. The Bertz CT molecular complexity index is 1620. The number of esters is 1. The van der Waals surface area contributed by atoms with E-state index in [1.54, 1.807) is 31.2 Å². The van der Waals surface area contributed by atoms with Gasteiger partial charge in [0.15, 0.2) is 6.10 Å². The molecule has 0 N–H and O–H groups in total. The Morgan fingerprint density at radius 3 is 1.56 bits per heavy atom. The van der Waals surface area contributed by atoms with Crippen molar-refractivity contribution in [2.45, 2.75) is 31.8 Å². The van der Waals surface area contributed by atoms with Gasteiger partial charge in [-0.05, 0) is 60.4 Å². The summed E-state index contributed by atoms with van der Waals surface area (Å²) in [5, 5.41) is 0. The molecule has 4 aromatic rings. The minimum Gasteiger partial charge on any atom is -0.451 e. The zero-order valence-electron chi connectivity index (χ0n) is 22.6. The lowest BCUT2D eigenvalue weighted by Gasteiger charge is -2.45. The van der Waals surface area contributed by atoms with E-state index in [4.69, 9.17) is 4.74 Å². The monoisotopic (exact) mass is 541 g/mol. The van der Waals surface area contributed by atoms with E-state index in [1.165, 1.54) is 17.0 Å². The van der Waals surface area contributed by atoms with Gasteiger partial charge in [-0.2, -0.15) is 0 Å². The molecular formula is C35H27NO5. The van der Waals surface area contributed by atoms with Crippen molar-refractivity contribution in [2.75, 3.05) is 4.90 Å². The van der Waals surface area contributed by atoms with Gasteiger partial charge in [-0.15, -0.1) is 0 Å². The predicted octanol–water partition coefficient (Wildman–Crippen LogP) is 5.82. The highest BCUT2D eigenvalue weighted by atomic mass is 16.5. The standard InChI is InChI=1S/C35H27NO5/c1-19-11-13-21(14-12-19)32(37)20(2)41-35(40)22-15-17-23(18-16-22)36-33(38)30-28-24-7-3-4-8-25(24)29(31(30)34(36)39)27-10-6-5-9-26(27)28/h3-18,20,28-31H,1-2H3/t20-,28?,29?,30-,31+/m1/s1. The second kappa shape index (κ2) is 9.37. The zero-order chi connectivity index (χ0) is 28.4. The SMILES string of the molecule is Cc1ccc(C(=O)[C@@H](C)OC(=O)c2ccc(N3C(=O)[C@@H]4C5c6ccccc6C(c6ccccc65)[C@@H]4C3=O)cc2)cc1. The Labute approximate surface area is 237 Å². The van der Waals surface area contributed by atoms with Crippen LogP contribution >= 0.6 is 0 Å². The number of imide groups is 1. The lowest BCUT2D eigenvalue weighted by atomic mass is 9.55. The van der Waals surface area contributed by atoms with Crippen molar-refractivity contribution in [1.29, 1.82) is 0 Å². The summed E-state index contributed by atoms with van der Waals surface area (Å²) < 4.78 is 5.44. The van der Waals surface area contributed by atoms with Gasteiger partial charge in [0, 0.05) is 17.4 Å². The van der Waals surface area contributed by atoms with Crippen molar-refractivity contribution in [1.82, 2.24) is 0 Å². The molecule has 0 unspecified atom stereocenters. The number of amides is 2. The summed E-state index contributed by atoms with van der Waals surface area (Å²) in [4.78, 5) is 54.7. The molecule has 1 fully saturated rings. The van der Waals surface area contributed by atoms with E-state index in [0.29, 0.717) is 11.3 Å². The molecular weight excluding hydrogens is 514 g/mol. The van der Waals surface area contributed by atoms with Crippen LogP contribution in [-0.4, -0.2) is 29.7 Å². The minimum absolute atomic E-state index is 0.180. The lowest BCUT2D eigenvalue weighted by Crippen LogP contribution is -2.41. The van der Waals surface area contributed by atoms with Gasteiger partial charge in [0.05, 0.1) is 23.1 Å². The van der Waals surface area contributed by atoms with E-state index in [9.17, 15) is 19.2 Å². The third kappa shape index (κ3) is 3.78. The van der Waals surface area contributed by atoms with Crippen LogP contribution in [0.4, 0.5) is 5.69 Å². The van der Waals surface area contributed by atoms with Crippen LogP contribution in [0.1, 0.15) is 67.3 Å². The number of hydrogen-bond donors (Lipinski definition) is 0. The highest BCUT2D eigenvalue weighted by molar-refractivity contribution is 6.23. The smallest absolute Gasteiger partial charge is 0.338 e. The number of nitrogens with zero attached hydrogens (tertiary/aromatic N) is 1. The first kappa shape index (κ1) is 25.1. The molecule has 6 nitrogen and oxygen atoms in total. The third-order valence-electron chi connectivity index (χ3n) is 8.80. The van der Waals surface area contributed by atoms with Crippen LogP contribution in [0.15, 0.2) is 97.1 Å². The van der Waals surface area contributed by atoms with E-state index < -0.39 is 23.9 Å². The number of hydrogen-bond acceptors (Lipinski definition) is 5. The highest BCUT2D eigenvalue weighted by Crippen LogP contribution is 2.61. The lowest BCUT2D eigenvalue weighted by molar-refractivity contribution is -0.122. The first-order valence-corrected chi connectivity index (χ1v) is 13.8. The van der Waals surface area contributed by atoms with Crippen LogP contribution in [0.25, 0.3) is 0 Å². The van der Waals surface area contributed by atoms with Crippen LogP contribution < -0.4 is 4.90 Å². The third-order valence-corrected chi connectivity index (χ3v) is 8.80. The van der Waals surface area contributed by atoms with Gasteiger partial charge in [0.1, 0.15) is 0 Å². The first-order valence-electron chi connectivity index (χ1n) is 13.8. The maximum atomic E-state index is 13.9. The fourth-order valence-corrected chi connectivity index (χ4v) is 6.91. The molecule has 2 bridgehead atoms. The van der Waals surface area contributed by atoms with E-state index in [0.717, 1.165) is 27.8 Å². The molecule has 1 aliphatic heterocycles. The zero-order valence-corrected chi connectivity index (χ0v) is 22.6. The molecule has 202 valence electrons. The van der Waals surface area contributed by atoms with Crippen molar-refractivity contribution >= 4 is 29.3 Å². The average Bonchev–Trinajstić information content (AvgIpc) is 3.27.